The van der Waals surface area contributed by atoms with Crippen molar-refractivity contribution < 1.29 is 17.9 Å². The summed E-state index contributed by atoms with van der Waals surface area (Å²) in [4.78, 5) is 29.9. The fraction of sp³-hybridized carbons (Fsp3) is 0.394. The molecule has 1 fully saturated rings. The molecule has 5 rings (SSSR count). The lowest BCUT2D eigenvalue weighted by atomic mass is 9.86. The summed E-state index contributed by atoms with van der Waals surface area (Å²) >= 11 is 0. The van der Waals surface area contributed by atoms with Crippen molar-refractivity contribution in [3.8, 4) is 5.75 Å². The third-order valence-corrected chi connectivity index (χ3v) is 8.69. The zero-order valence-corrected chi connectivity index (χ0v) is 27.7. The maximum Gasteiger partial charge on any atom is 0.255 e. The molecule has 2 aromatic heterocycles. The van der Waals surface area contributed by atoms with Crippen molar-refractivity contribution in [2.24, 2.45) is 0 Å². The van der Waals surface area contributed by atoms with E-state index in [9.17, 15) is 13.2 Å². The molecule has 1 aliphatic rings. The first-order valence-electron chi connectivity index (χ1n) is 14.9. The summed E-state index contributed by atoms with van der Waals surface area (Å²) in [5.41, 5.74) is 5.54. The Bertz CT molecular complexity index is 1850. The first-order chi connectivity index (χ1) is 21.2. The van der Waals surface area contributed by atoms with E-state index in [1.54, 1.807) is 24.3 Å². The fourth-order valence-corrected chi connectivity index (χ4v) is 6.00. The van der Waals surface area contributed by atoms with Gasteiger partial charge in [-0.15, -0.1) is 0 Å². The number of fused-ring (bicyclic) bond motifs is 1. The quantitative estimate of drug-likeness (QED) is 0.220. The molecule has 0 radical (unpaired) electrons. The van der Waals surface area contributed by atoms with Crippen LogP contribution in [0.3, 0.4) is 0 Å². The zero-order valence-electron chi connectivity index (χ0n) is 26.9. The van der Waals surface area contributed by atoms with Crippen molar-refractivity contribution in [1.82, 2.24) is 19.9 Å². The Morgan fingerprint density at radius 2 is 1.71 bits per heavy atom. The van der Waals surface area contributed by atoms with Crippen LogP contribution in [0.5, 0.6) is 5.75 Å². The number of pyridine rings is 1. The number of carbonyl (C=O) groups is 1. The highest BCUT2D eigenvalue weighted by Gasteiger charge is 2.23. The molecule has 3 N–H and O–H groups in total. The molecule has 1 saturated heterocycles. The Hall–Kier alpha value is -4.29. The minimum atomic E-state index is -3.61. The van der Waals surface area contributed by atoms with Crippen LogP contribution in [0.25, 0.3) is 11.0 Å². The highest BCUT2D eigenvalue weighted by molar-refractivity contribution is 7.92. The normalized spacial score (nSPS) is 14.7. The first kappa shape index (κ1) is 32.1. The highest BCUT2D eigenvalue weighted by Crippen LogP contribution is 2.39. The number of piperidine rings is 1. The largest absolute Gasteiger partial charge is 0.492 e. The molecule has 12 heteroatoms. The Morgan fingerprint density at radius 3 is 2.38 bits per heavy atom. The molecule has 238 valence electrons. The third kappa shape index (κ3) is 7.51. The Kier molecular flexibility index (Phi) is 8.99. The van der Waals surface area contributed by atoms with Gasteiger partial charge in [-0.3, -0.25) is 9.52 Å². The number of nitrogens with zero attached hydrogens (tertiary/aromatic N) is 4. The number of hydrogen-bond donors (Lipinski definition) is 3. The van der Waals surface area contributed by atoms with E-state index in [1.807, 2.05) is 39.8 Å². The van der Waals surface area contributed by atoms with Crippen LogP contribution in [0.1, 0.15) is 66.7 Å². The van der Waals surface area contributed by atoms with Crippen molar-refractivity contribution in [1.29, 1.82) is 0 Å². The van der Waals surface area contributed by atoms with Gasteiger partial charge in [0.1, 0.15) is 11.8 Å². The van der Waals surface area contributed by atoms with Gasteiger partial charge in [0.05, 0.1) is 30.3 Å². The second-order valence-corrected chi connectivity index (χ2v) is 14.5. The number of amides is 1. The molecule has 3 heterocycles. The standard InChI is InChI=1S/C33H41N7O4S/c1-20-8-9-22(32(41)38-27-17-23(33(2,3)4)18-28(30(27)44-6)39-45(7,42)43)16-26(20)37-31-29-25(34-19-35-31)11-10-24(36-29)21-12-14-40(5)15-13-21/h8-11,16-19,21,39H,12-15H2,1-7H3,(H,38,41)(H,34,35,37). The summed E-state index contributed by atoms with van der Waals surface area (Å²) in [6.45, 7) is 10.0. The van der Waals surface area contributed by atoms with Gasteiger partial charge < -0.3 is 20.3 Å². The Morgan fingerprint density at radius 1 is 1.00 bits per heavy atom. The van der Waals surface area contributed by atoms with Crippen LogP contribution >= 0.6 is 0 Å². The summed E-state index contributed by atoms with van der Waals surface area (Å²) in [5, 5.41) is 6.33. The number of nitrogens with one attached hydrogen (secondary N) is 3. The lowest BCUT2D eigenvalue weighted by Gasteiger charge is -2.28. The lowest BCUT2D eigenvalue weighted by molar-refractivity contribution is 0.102. The summed E-state index contributed by atoms with van der Waals surface area (Å²) < 4.78 is 32.3. The maximum atomic E-state index is 13.6. The lowest BCUT2D eigenvalue weighted by Crippen LogP contribution is -2.29. The summed E-state index contributed by atoms with van der Waals surface area (Å²) in [6, 6.07) is 12.9. The van der Waals surface area contributed by atoms with E-state index < -0.39 is 10.0 Å². The predicted molar refractivity (Wildman–Crippen MR) is 179 cm³/mol. The van der Waals surface area contributed by atoms with E-state index in [2.05, 4.69) is 43.3 Å². The van der Waals surface area contributed by atoms with E-state index in [1.165, 1.54) is 13.4 Å². The predicted octanol–water partition coefficient (Wildman–Crippen LogP) is 5.82. The van der Waals surface area contributed by atoms with Crippen molar-refractivity contribution >= 4 is 49.8 Å². The van der Waals surface area contributed by atoms with Gasteiger partial charge in [-0.25, -0.2) is 23.4 Å². The molecule has 11 nitrogen and oxygen atoms in total. The van der Waals surface area contributed by atoms with E-state index in [0.29, 0.717) is 34.2 Å². The number of aromatic nitrogens is 3. The molecule has 2 aromatic carbocycles. The van der Waals surface area contributed by atoms with E-state index in [-0.39, 0.29) is 22.8 Å². The molecule has 0 atom stereocenters. The Balaban J connectivity index is 1.46. The van der Waals surface area contributed by atoms with Crippen LogP contribution in [0.2, 0.25) is 0 Å². The smallest absolute Gasteiger partial charge is 0.255 e. The molecule has 45 heavy (non-hydrogen) atoms. The molecule has 0 saturated carbocycles. The second-order valence-electron chi connectivity index (χ2n) is 12.7. The van der Waals surface area contributed by atoms with Gasteiger partial charge in [0.25, 0.3) is 5.91 Å². The van der Waals surface area contributed by atoms with Crippen LogP contribution < -0.4 is 20.1 Å². The number of likely N-dealkylation sites (tertiary alicyclic amines) is 1. The third-order valence-electron chi connectivity index (χ3n) is 8.10. The number of carbonyl (C=O) groups excluding carboxylic acids is 1. The topological polar surface area (TPSA) is 138 Å². The molecule has 0 unspecified atom stereocenters. The second kappa shape index (κ2) is 12.6. The van der Waals surface area contributed by atoms with E-state index in [0.717, 1.165) is 54.5 Å². The number of hydrogen-bond acceptors (Lipinski definition) is 9. The van der Waals surface area contributed by atoms with Crippen LogP contribution in [0.4, 0.5) is 22.9 Å². The average molecular weight is 632 g/mol. The van der Waals surface area contributed by atoms with Gasteiger partial charge in [0.2, 0.25) is 10.0 Å². The molecule has 0 spiro atoms. The minimum absolute atomic E-state index is 0.214. The molecule has 0 aliphatic carbocycles. The van der Waals surface area contributed by atoms with Gasteiger partial charge in [-0.1, -0.05) is 26.8 Å². The zero-order chi connectivity index (χ0) is 32.5. The monoisotopic (exact) mass is 631 g/mol. The molecule has 4 aromatic rings. The molecule has 1 aliphatic heterocycles. The number of anilines is 4. The van der Waals surface area contributed by atoms with Crippen LogP contribution in [0.15, 0.2) is 48.8 Å². The average Bonchev–Trinajstić information content (AvgIpc) is 2.97. The van der Waals surface area contributed by atoms with Crippen LogP contribution in [0, 0.1) is 6.92 Å². The number of ether oxygens (including phenoxy) is 1. The fourth-order valence-electron chi connectivity index (χ4n) is 5.45. The van der Waals surface area contributed by atoms with Crippen LogP contribution in [-0.2, 0) is 15.4 Å². The number of benzene rings is 2. The van der Waals surface area contributed by atoms with Crippen molar-refractivity contribution in [2.75, 3.05) is 48.9 Å². The highest BCUT2D eigenvalue weighted by atomic mass is 32.2. The summed E-state index contributed by atoms with van der Waals surface area (Å²) in [7, 11) is -0.0309. The van der Waals surface area contributed by atoms with E-state index >= 15 is 0 Å². The number of sulfonamides is 1. The minimum Gasteiger partial charge on any atom is -0.492 e. The maximum absolute atomic E-state index is 13.6. The van der Waals surface area contributed by atoms with Gasteiger partial charge in [0.15, 0.2) is 11.6 Å². The van der Waals surface area contributed by atoms with Gasteiger partial charge in [-0.2, -0.15) is 0 Å². The SMILES string of the molecule is COc1c(NC(=O)c2ccc(C)c(Nc3ncnc4ccc(C5CCN(C)CC5)nc34)c2)cc(C(C)(C)C)cc1NS(C)(=O)=O. The molecular formula is C33H41N7O4S. The number of methoxy groups -OCH3 is 1. The van der Waals surface area contributed by atoms with Crippen molar-refractivity contribution in [3.05, 3.63) is 71.2 Å². The number of rotatable bonds is 8. The van der Waals surface area contributed by atoms with Crippen molar-refractivity contribution in [2.45, 2.75) is 51.9 Å². The molecular weight excluding hydrogens is 590 g/mol. The summed E-state index contributed by atoms with van der Waals surface area (Å²) in [5.74, 6) is 0.773. The van der Waals surface area contributed by atoms with Crippen LogP contribution in [-0.4, -0.2) is 67.7 Å². The van der Waals surface area contributed by atoms with E-state index in [4.69, 9.17) is 9.72 Å². The molecule has 1 amide bonds. The van der Waals surface area contributed by atoms with Gasteiger partial charge in [-0.05, 0) is 92.8 Å². The van der Waals surface area contributed by atoms with Gasteiger partial charge >= 0.3 is 0 Å². The number of aryl methyl sites for hydroxylation is 1. The van der Waals surface area contributed by atoms with Gasteiger partial charge in [0, 0.05) is 22.9 Å². The summed E-state index contributed by atoms with van der Waals surface area (Å²) in [6.07, 6.45) is 4.68. The van der Waals surface area contributed by atoms with Crippen molar-refractivity contribution in [3.63, 3.8) is 0 Å². The Labute approximate surface area is 264 Å². The first-order valence-corrected chi connectivity index (χ1v) is 16.8. The molecule has 0 bridgehead atoms.